The van der Waals surface area contributed by atoms with Gasteiger partial charge in [-0.2, -0.15) is 0 Å². The van der Waals surface area contributed by atoms with Crippen molar-refractivity contribution in [1.29, 1.82) is 0 Å². The summed E-state index contributed by atoms with van der Waals surface area (Å²) in [5, 5.41) is 11.4. The van der Waals surface area contributed by atoms with E-state index >= 15 is 0 Å². The number of nitrogens with one attached hydrogen (secondary N) is 1. The van der Waals surface area contributed by atoms with E-state index in [1.54, 1.807) is 24.3 Å². The predicted molar refractivity (Wildman–Crippen MR) is 70.2 cm³/mol. The summed E-state index contributed by atoms with van der Waals surface area (Å²) < 4.78 is 5.01. The van der Waals surface area contributed by atoms with Gasteiger partial charge in [0.25, 0.3) is 0 Å². The molecule has 5 heteroatoms. The van der Waals surface area contributed by atoms with Crippen molar-refractivity contribution in [2.24, 2.45) is 5.92 Å². The monoisotopic (exact) mass is 263 g/mol. The molecule has 0 spiro atoms. The third-order valence-corrected chi connectivity index (χ3v) is 3.21. The highest BCUT2D eigenvalue weighted by Crippen LogP contribution is 2.26. The Morgan fingerprint density at radius 3 is 2.42 bits per heavy atom. The molecule has 0 unspecified atom stereocenters. The molecule has 102 valence electrons. The molecule has 1 fully saturated rings. The van der Waals surface area contributed by atoms with Crippen LogP contribution < -0.4 is 10.1 Å². The number of hydrogen-bond acceptors (Lipinski definition) is 3. The number of carboxylic acids is 1. The maximum Gasteiger partial charge on any atom is 0.341 e. The molecule has 0 bridgehead atoms. The Kier molecular flexibility index (Phi) is 4.39. The summed E-state index contributed by atoms with van der Waals surface area (Å²) in [6.45, 7) is -0.367. The summed E-state index contributed by atoms with van der Waals surface area (Å²) >= 11 is 0. The second kappa shape index (κ2) is 6.22. The van der Waals surface area contributed by atoms with E-state index in [1.165, 1.54) is 0 Å². The molecule has 2 rings (SSSR count). The molecule has 0 radical (unpaired) electrons. The maximum absolute atomic E-state index is 11.9. The molecule has 1 aromatic carbocycles. The first-order chi connectivity index (χ1) is 9.15. The molecule has 1 saturated carbocycles. The number of aliphatic carboxylic acids is 1. The van der Waals surface area contributed by atoms with Gasteiger partial charge in [-0.05, 0) is 37.1 Å². The number of ether oxygens (including phenoxy) is 1. The zero-order valence-electron chi connectivity index (χ0n) is 10.6. The van der Waals surface area contributed by atoms with Gasteiger partial charge in [0.1, 0.15) is 5.75 Å². The first kappa shape index (κ1) is 13.4. The molecular formula is C14H17NO4. The van der Waals surface area contributed by atoms with Crippen LogP contribution in [0, 0.1) is 5.92 Å². The number of hydrogen-bond donors (Lipinski definition) is 2. The van der Waals surface area contributed by atoms with E-state index in [-0.39, 0.29) is 18.4 Å². The molecule has 2 N–H and O–H groups in total. The van der Waals surface area contributed by atoms with E-state index in [0.29, 0.717) is 11.4 Å². The lowest BCUT2D eigenvalue weighted by molar-refractivity contribution is -0.139. The van der Waals surface area contributed by atoms with Gasteiger partial charge < -0.3 is 15.2 Å². The number of rotatable bonds is 5. The third kappa shape index (κ3) is 3.98. The fraction of sp³-hybridized carbons (Fsp3) is 0.429. The number of amides is 1. The van der Waals surface area contributed by atoms with Gasteiger partial charge in [0.05, 0.1) is 0 Å². The fourth-order valence-electron chi connectivity index (χ4n) is 2.21. The summed E-state index contributed by atoms with van der Waals surface area (Å²) in [5.41, 5.74) is 0.708. The van der Waals surface area contributed by atoms with E-state index in [2.05, 4.69) is 5.32 Å². The van der Waals surface area contributed by atoms with Crippen molar-refractivity contribution in [2.45, 2.75) is 25.7 Å². The van der Waals surface area contributed by atoms with Crippen molar-refractivity contribution in [3.05, 3.63) is 24.3 Å². The number of benzene rings is 1. The fourth-order valence-corrected chi connectivity index (χ4v) is 2.21. The highest BCUT2D eigenvalue weighted by molar-refractivity contribution is 5.92. The second-order valence-electron chi connectivity index (χ2n) is 4.68. The van der Waals surface area contributed by atoms with Crippen LogP contribution >= 0.6 is 0 Å². The van der Waals surface area contributed by atoms with Crippen molar-refractivity contribution in [1.82, 2.24) is 0 Å². The molecule has 1 aliphatic carbocycles. The van der Waals surface area contributed by atoms with Crippen LogP contribution in [-0.4, -0.2) is 23.6 Å². The molecule has 0 atom stereocenters. The minimum Gasteiger partial charge on any atom is -0.482 e. The molecular weight excluding hydrogens is 246 g/mol. The molecule has 5 nitrogen and oxygen atoms in total. The Balaban J connectivity index is 1.87. The molecule has 0 heterocycles. The van der Waals surface area contributed by atoms with Crippen LogP contribution in [0.15, 0.2) is 24.3 Å². The van der Waals surface area contributed by atoms with Crippen molar-refractivity contribution in [3.8, 4) is 5.75 Å². The van der Waals surface area contributed by atoms with Crippen molar-refractivity contribution < 1.29 is 19.4 Å². The molecule has 1 amide bonds. The molecule has 0 aliphatic heterocycles. The topological polar surface area (TPSA) is 75.6 Å². The van der Waals surface area contributed by atoms with Crippen LogP contribution in [0.1, 0.15) is 25.7 Å². The minimum atomic E-state index is -1.02. The average Bonchev–Trinajstić information content (AvgIpc) is 2.92. The van der Waals surface area contributed by atoms with Gasteiger partial charge in [-0.15, -0.1) is 0 Å². The van der Waals surface area contributed by atoms with Crippen molar-refractivity contribution in [3.63, 3.8) is 0 Å². The lowest BCUT2D eigenvalue weighted by Gasteiger charge is -2.10. The van der Waals surface area contributed by atoms with Gasteiger partial charge in [-0.1, -0.05) is 12.8 Å². The summed E-state index contributed by atoms with van der Waals surface area (Å²) in [6.07, 6.45) is 4.18. The molecule has 0 aromatic heterocycles. The number of carbonyl (C=O) groups excluding carboxylic acids is 1. The van der Waals surface area contributed by atoms with Gasteiger partial charge in [0.2, 0.25) is 5.91 Å². The smallest absolute Gasteiger partial charge is 0.341 e. The highest BCUT2D eigenvalue weighted by Gasteiger charge is 2.22. The van der Waals surface area contributed by atoms with Crippen molar-refractivity contribution in [2.75, 3.05) is 11.9 Å². The zero-order chi connectivity index (χ0) is 13.7. The maximum atomic E-state index is 11.9. The molecule has 1 aromatic rings. The van der Waals surface area contributed by atoms with Gasteiger partial charge in [0, 0.05) is 11.6 Å². The van der Waals surface area contributed by atoms with Crippen LogP contribution in [0.2, 0.25) is 0 Å². The highest BCUT2D eigenvalue weighted by atomic mass is 16.5. The van der Waals surface area contributed by atoms with E-state index in [9.17, 15) is 9.59 Å². The van der Waals surface area contributed by atoms with Crippen molar-refractivity contribution >= 4 is 17.6 Å². The first-order valence-electron chi connectivity index (χ1n) is 6.40. The quantitative estimate of drug-likeness (QED) is 0.854. The van der Waals surface area contributed by atoms with Gasteiger partial charge in [-0.3, -0.25) is 4.79 Å². The summed E-state index contributed by atoms with van der Waals surface area (Å²) in [4.78, 5) is 22.2. The third-order valence-electron chi connectivity index (χ3n) is 3.21. The Labute approximate surface area is 111 Å². The first-order valence-corrected chi connectivity index (χ1v) is 6.40. The lowest BCUT2D eigenvalue weighted by Crippen LogP contribution is -2.20. The lowest BCUT2D eigenvalue weighted by atomic mass is 10.1. The largest absolute Gasteiger partial charge is 0.482 e. The van der Waals surface area contributed by atoms with Gasteiger partial charge in [-0.25, -0.2) is 4.79 Å². The number of carboxylic acid groups (broad SMARTS) is 1. The molecule has 19 heavy (non-hydrogen) atoms. The van der Waals surface area contributed by atoms with E-state index < -0.39 is 5.97 Å². The predicted octanol–water partition coefficient (Wildman–Crippen LogP) is 2.28. The number of anilines is 1. The van der Waals surface area contributed by atoms with Crippen LogP contribution in [0.5, 0.6) is 5.75 Å². The summed E-state index contributed by atoms with van der Waals surface area (Å²) in [6, 6.07) is 6.72. The van der Waals surface area contributed by atoms with Gasteiger partial charge in [0.15, 0.2) is 6.61 Å². The standard InChI is InChI=1S/C14H17NO4/c16-13(17)9-19-12-7-5-11(6-8-12)15-14(18)10-3-1-2-4-10/h5-8,10H,1-4,9H2,(H,15,18)(H,16,17). The SMILES string of the molecule is O=C(O)COc1ccc(NC(=O)C2CCCC2)cc1. The van der Waals surface area contributed by atoms with E-state index in [1.807, 2.05) is 0 Å². The van der Waals surface area contributed by atoms with Crippen LogP contribution in [-0.2, 0) is 9.59 Å². The zero-order valence-corrected chi connectivity index (χ0v) is 10.6. The van der Waals surface area contributed by atoms with Crippen LogP contribution in [0.4, 0.5) is 5.69 Å². The Morgan fingerprint density at radius 2 is 1.84 bits per heavy atom. The van der Waals surface area contributed by atoms with Gasteiger partial charge >= 0.3 is 5.97 Å². The minimum absolute atomic E-state index is 0.0664. The second-order valence-corrected chi connectivity index (χ2v) is 4.68. The summed E-state index contributed by atoms with van der Waals surface area (Å²) in [7, 11) is 0. The Hall–Kier alpha value is -2.04. The Morgan fingerprint density at radius 1 is 1.21 bits per heavy atom. The van der Waals surface area contributed by atoms with E-state index in [0.717, 1.165) is 25.7 Å². The normalized spacial score (nSPS) is 15.2. The van der Waals surface area contributed by atoms with Crippen LogP contribution in [0.25, 0.3) is 0 Å². The van der Waals surface area contributed by atoms with E-state index in [4.69, 9.17) is 9.84 Å². The number of carbonyl (C=O) groups is 2. The Bertz CT molecular complexity index is 449. The molecule has 0 saturated heterocycles. The average molecular weight is 263 g/mol. The van der Waals surface area contributed by atoms with Crippen LogP contribution in [0.3, 0.4) is 0 Å². The summed E-state index contributed by atoms with van der Waals surface area (Å²) in [5.74, 6) is -0.348. The molecule has 1 aliphatic rings.